The Morgan fingerprint density at radius 3 is 2.31 bits per heavy atom. The van der Waals surface area contributed by atoms with Crippen molar-refractivity contribution in [2.75, 3.05) is 32.8 Å². The van der Waals surface area contributed by atoms with E-state index in [0.29, 0.717) is 38.3 Å². The van der Waals surface area contributed by atoms with Gasteiger partial charge in [0.25, 0.3) is 0 Å². The first kappa shape index (κ1) is 24.4. The number of ether oxygens (including phenoxy) is 1. The summed E-state index contributed by atoms with van der Waals surface area (Å²) >= 11 is 0. The number of imide groups is 1. The fourth-order valence-corrected chi connectivity index (χ4v) is 4.91. The van der Waals surface area contributed by atoms with Crippen molar-refractivity contribution in [2.45, 2.75) is 38.6 Å². The Balaban J connectivity index is 1.57. The molecule has 0 aliphatic carbocycles. The summed E-state index contributed by atoms with van der Waals surface area (Å²) in [7, 11) is 0. The van der Waals surface area contributed by atoms with Crippen molar-refractivity contribution in [1.29, 1.82) is 0 Å². The Bertz CT molecular complexity index is 1110. The van der Waals surface area contributed by atoms with Gasteiger partial charge in [0.05, 0.1) is 18.6 Å². The van der Waals surface area contributed by atoms with Crippen LogP contribution in [0.25, 0.3) is 0 Å². The first-order chi connectivity index (χ1) is 16.9. The summed E-state index contributed by atoms with van der Waals surface area (Å²) in [6.07, 6.45) is 2.69. The van der Waals surface area contributed by atoms with Crippen LogP contribution in [0.1, 0.15) is 36.5 Å². The Hall–Kier alpha value is -3.75. The number of hydrogen-bond acceptors (Lipinski definition) is 6. The minimum Gasteiger partial charge on any atom is -0.450 e. The summed E-state index contributed by atoms with van der Waals surface area (Å²) < 4.78 is 5.05. The SMILES string of the molecule is CCOC(=O)N1CCN(C(=O)C[C@]2(c3ccccc3C)CC(=O)N(Cc3ccncc3)C2=O)CC1. The van der Waals surface area contributed by atoms with Crippen LogP contribution >= 0.6 is 0 Å². The molecule has 2 aliphatic heterocycles. The molecule has 0 bridgehead atoms. The average molecular weight is 479 g/mol. The highest BCUT2D eigenvalue weighted by Gasteiger charge is 2.54. The second-order valence-electron chi connectivity index (χ2n) is 8.96. The molecule has 35 heavy (non-hydrogen) atoms. The molecular weight excluding hydrogens is 448 g/mol. The van der Waals surface area contributed by atoms with Crippen LogP contribution < -0.4 is 0 Å². The van der Waals surface area contributed by atoms with Gasteiger partial charge in [0, 0.05) is 51.4 Å². The molecule has 1 aromatic carbocycles. The average Bonchev–Trinajstić information content (AvgIpc) is 3.10. The quantitative estimate of drug-likeness (QED) is 0.591. The fourth-order valence-electron chi connectivity index (χ4n) is 4.91. The molecule has 3 heterocycles. The van der Waals surface area contributed by atoms with Gasteiger partial charge in [-0.15, -0.1) is 0 Å². The predicted molar refractivity (Wildman–Crippen MR) is 127 cm³/mol. The van der Waals surface area contributed by atoms with Gasteiger partial charge in [-0.25, -0.2) is 4.79 Å². The summed E-state index contributed by atoms with van der Waals surface area (Å²) in [4.78, 5) is 61.0. The molecule has 2 aliphatic rings. The van der Waals surface area contributed by atoms with Gasteiger partial charge in [-0.2, -0.15) is 0 Å². The number of aromatic nitrogens is 1. The first-order valence-electron chi connectivity index (χ1n) is 11.8. The van der Waals surface area contributed by atoms with E-state index >= 15 is 0 Å². The van der Waals surface area contributed by atoms with Crippen molar-refractivity contribution in [3.05, 3.63) is 65.5 Å². The van der Waals surface area contributed by atoms with E-state index in [1.807, 2.05) is 31.2 Å². The number of rotatable bonds is 6. The monoisotopic (exact) mass is 478 g/mol. The Kier molecular flexibility index (Phi) is 7.14. The van der Waals surface area contributed by atoms with Gasteiger partial charge in [0.1, 0.15) is 0 Å². The number of carbonyl (C=O) groups excluding carboxylic acids is 4. The lowest BCUT2D eigenvalue weighted by Crippen LogP contribution is -2.52. The number of aryl methyl sites for hydroxylation is 1. The molecule has 2 aromatic rings. The molecule has 0 spiro atoms. The maximum absolute atomic E-state index is 13.9. The van der Waals surface area contributed by atoms with E-state index in [0.717, 1.165) is 11.1 Å². The molecule has 1 atom stereocenters. The van der Waals surface area contributed by atoms with Crippen molar-refractivity contribution in [3.8, 4) is 0 Å². The second-order valence-corrected chi connectivity index (χ2v) is 8.96. The van der Waals surface area contributed by atoms with Gasteiger partial charge in [0.15, 0.2) is 0 Å². The molecule has 4 amide bonds. The molecule has 0 unspecified atom stereocenters. The molecule has 4 rings (SSSR count). The number of amides is 4. The molecule has 9 heteroatoms. The molecule has 0 N–H and O–H groups in total. The minimum atomic E-state index is -1.26. The number of pyridine rings is 1. The van der Waals surface area contributed by atoms with Crippen LogP contribution in [0, 0.1) is 6.92 Å². The Morgan fingerprint density at radius 1 is 1.00 bits per heavy atom. The summed E-state index contributed by atoms with van der Waals surface area (Å²) in [5.41, 5.74) is 1.10. The van der Waals surface area contributed by atoms with Crippen molar-refractivity contribution >= 4 is 23.8 Å². The minimum absolute atomic E-state index is 0.0592. The number of nitrogens with zero attached hydrogens (tertiary/aromatic N) is 4. The van der Waals surface area contributed by atoms with Gasteiger partial charge in [-0.05, 0) is 42.7 Å². The second kappa shape index (κ2) is 10.2. The molecule has 2 saturated heterocycles. The maximum atomic E-state index is 13.9. The normalized spacial score (nSPS) is 20.3. The highest BCUT2D eigenvalue weighted by Crippen LogP contribution is 2.42. The zero-order chi connectivity index (χ0) is 25.0. The molecule has 184 valence electrons. The summed E-state index contributed by atoms with van der Waals surface area (Å²) in [5.74, 6) is -0.856. The highest BCUT2D eigenvalue weighted by molar-refractivity contribution is 6.10. The molecular formula is C26H30N4O5. The standard InChI is InChI=1S/C26H30N4O5/c1-3-35-25(34)29-14-12-28(13-15-29)22(31)16-26(21-7-5-4-6-19(21)2)17-23(32)30(24(26)33)18-20-8-10-27-11-9-20/h4-11H,3,12-18H2,1-2H3/t26-/m1/s1. The van der Waals surface area contributed by atoms with Gasteiger partial charge in [-0.1, -0.05) is 24.3 Å². The summed E-state index contributed by atoms with van der Waals surface area (Å²) in [6, 6.07) is 11.0. The van der Waals surface area contributed by atoms with E-state index < -0.39 is 5.41 Å². The van der Waals surface area contributed by atoms with Gasteiger partial charge in [-0.3, -0.25) is 24.3 Å². The fraction of sp³-hybridized carbons (Fsp3) is 0.423. The molecule has 0 saturated carbocycles. The number of carbonyl (C=O) groups is 4. The van der Waals surface area contributed by atoms with Crippen molar-refractivity contribution in [1.82, 2.24) is 19.7 Å². The third-order valence-electron chi connectivity index (χ3n) is 6.77. The Labute approximate surface area is 204 Å². The van der Waals surface area contributed by atoms with E-state index in [9.17, 15) is 19.2 Å². The van der Waals surface area contributed by atoms with E-state index in [1.165, 1.54) is 4.90 Å². The lowest BCUT2D eigenvalue weighted by Gasteiger charge is -2.36. The van der Waals surface area contributed by atoms with Crippen LogP contribution in [0.5, 0.6) is 0 Å². The van der Waals surface area contributed by atoms with Crippen LogP contribution in [0.3, 0.4) is 0 Å². The molecule has 1 aromatic heterocycles. The third-order valence-corrected chi connectivity index (χ3v) is 6.77. The van der Waals surface area contributed by atoms with E-state index in [2.05, 4.69) is 4.98 Å². The van der Waals surface area contributed by atoms with Crippen molar-refractivity contribution in [2.24, 2.45) is 0 Å². The number of hydrogen-bond donors (Lipinski definition) is 0. The Morgan fingerprint density at radius 2 is 1.66 bits per heavy atom. The van der Waals surface area contributed by atoms with E-state index in [1.54, 1.807) is 41.2 Å². The van der Waals surface area contributed by atoms with Crippen molar-refractivity contribution in [3.63, 3.8) is 0 Å². The van der Waals surface area contributed by atoms with E-state index in [4.69, 9.17) is 4.74 Å². The summed E-state index contributed by atoms with van der Waals surface area (Å²) in [5, 5.41) is 0. The molecule has 2 fully saturated rings. The largest absolute Gasteiger partial charge is 0.450 e. The van der Waals surface area contributed by atoms with E-state index in [-0.39, 0.29) is 43.2 Å². The van der Waals surface area contributed by atoms with Gasteiger partial charge >= 0.3 is 6.09 Å². The zero-order valence-electron chi connectivity index (χ0n) is 20.1. The lowest BCUT2D eigenvalue weighted by atomic mass is 9.74. The van der Waals surface area contributed by atoms with Gasteiger partial charge in [0.2, 0.25) is 17.7 Å². The first-order valence-corrected chi connectivity index (χ1v) is 11.8. The summed E-state index contributed by atoms with van der Waals surface area (Å²) in [6.45, 7) is 5.51. The van der Waals surface area contributed by atoms with Gasteiger partial charge < -0.3 is 14.5 Å². The highest BCUT2D eigenvalue weighted by atomic mass is 16.6. The maximum Gasteiger partial charge on any atom is 0.409 e. The zero-order valence-corrected chi connectivity index (χ0v) is 20.1. The van der Waals surface area contributed by atoms with Crippen LogP contribution in [0.15, 0.2) is 48.8 Å². The predicted octanol–water partition coefficient (Wildman–Crippen LogP) is 2.28. The smallest absolute Gasteiger partial charge is 0.409 e. The van der Waals surface area contributed by atoms with Crippen molar-refractivity contribution < 1.29 is 23.9 Å². The molecule has 0 radical (unpaired) electrons. The third kappa shape index (κ3) is 4.89. The molecule has 9 nitrogen and oxygen atoms in total. The van der Waals surface area contributed by atoms with Crippen LogP contribution in [-0.4, -0.2) is 76.3 Å². The number of likely N-dealkylation sites (tertiary alicyclic amines) is 1. The van der Waals surface area contributed by atoms with Crippen LogP contribution in [0.2, 0.25) is 0 Å². The topological polar surface area (TPSA) is 100 Å². The van der Waals surface area contributed by atoms with Crippen LogP contribution in [0.4, 0.5) is 4.79 Å². The number of piperazine rings is 1. The lowest BCUT2D eigenvalue weighted by molar-refractivity contribution is -0.143. The van der Waals surface area contributed by atoms with Crippen LogP contribution in [-0.2, 0) is 31.1 Å². The number of benzene rings is 1.